The van der Waals surface area contributed by atoms with Gasteiger partial charge in [0.05, 0.1) is 12.8 Å². The van der Waals surface area contributed by atoms with E-state index in [1.54, 1.807) is 7.11 Å². The van der Waals surface area contributed by atoms with E-state index in [9.17, 15) is 4.79 Å². The first-order valence-electron chi connectivity index (χ1n) is 7.97. The fourth-order valence-electron chi connectivity index (χ4n) is 3.16. The highest BCUT2D eigenvalue weighted by Gasteiger charge is 2.29. The molecule has 0 fully saturated rings. The number of para-hydroxylation sites is 3. The molecule has 1 atom stereocenters. The van der Waals surface area contributed by atoms with Crippen LogP contribution >= 0.6 is 0 Å². The van der Waals surface area contributed by atoms with Gasteiger partial charge in [-0.05, 0) is 37.1 Å². The van der Waals surface area contributed by atoms with Gasteiger partial charge in [-0.25, -0.2) is 0 Å². The smallest absolute Gasteiger partial charge is 0.229 e. The molecule has 23 heavy (non-hydrogen) atoms. The molecule has 0 radical (unpaired) electrons. The summed E-state index contributed by atoms with van der Waals surface area (Å²) in [5.74, 6) is 0.949. The summed E-state index contributed by atoms with van der Waals surface area (Å²) in [5.41, 5.74) is 3.23. The molecule has 1 amide bonds. The van der Waals surface area contributed by atoms with Gasteiger partial charge in [-0.2, -0.15) is 0 Å². The van der Waals surface area contributed by atoms with Crippen molar-refractivity contribution in [1.82, 2.24) is 0 Å². The number of hydrogen-bond donors (Lipinski definition) is 1. The summed E-state index contributed by atoms with van der Waals surface area (Å²) in [6.45, 7) is 2.69. The van der Waals surface area contributed by atoms with E-state index in [1.165, 1.54) is 5.56 Å². The lowest BCUT2D eigenvalue weighted by atomic mass is 10.1. The minimum absolute atomic E-state index is 0.157. The minimum atomic E-state index is 0.157. The Labute approximate surface area is 137 Å². The predicted octanol–water partition coefficient (Wildman–Crippen LogP) is 3.48. The van der Waals surface area contributed by atoms with Crippen molar-refractivity contribution in [1.29, 1.82) is 0 Å². The molecular weight excluding hydrogens is 288 g/mol. The summed E-state index contributed by atoms with van der Waals surface area (Å²) < 4.78 is 5.31. The van der Waals surface area contributed by atoms with E-state index in [1.807, 2.05) is 47.4 Å². The minimum Gasteiger partial charge on any atom is -0.495 e. The van der Waals surface area contributed by atoms with E-state index >= 15 is 0 Å². The average molecular weight is 310 g/mol. The maximum Gasteiger partial charge on any atom is 0.229 e. The molecule has 120 valence electrons. The summed E-state index contributed by atoms with van der Waals surface area (Å²) in [7, 11) is 1.65. The molecule has 4 nitrogen and oxygen atoms in total. The van der Waals surface area contributed by atoms with Crippen LogP contribution in [0.3, 0.4) is 0 Å². The Hall–Kier alpha value is -2.49. The second kappa shape index (κ2) is 6.73. The van der Waals surface area contributed by atoms with Crippen molar-refractivity contribution in [2.75, 3.05) is 23.9 Å². The highest BCUT2D eigenvalue weighted by Crippen LogP contribution is 2.32. The fraction of sp³-hybridized carbons (Fsp3) is 0.316. The van der Waals surface area contributed by atoms with E-state index < -0.39 is 0 Å². The molecule has 3 rings (SSSR count). The summed E-state index contributed by atoms with van der Waals surface area (Å²) >= 11 is 0. The molecule has 1 aliphatic rings. The summed E-state index contributed by atoms with van der Waals surface area (Å²) in [6.07, 6.45) is 1.39. The maximum absolute atomic E-state index is 12.6. The SMILES string of the molecule is COc1ccccc1NCCC(=O)N1c2ccccc2CC1C. The zero-order valence-electron chi connectivity index (χ0n) is 13.6. The van der Waals surface area contributed by atoms with Crippen molar-refractivity contribution in [3.05, 3.63) is 54.1 Å². The fourth-order valence-corrected chi connectivity index (χ4v) is 3.16. The van der Waals surface area contributed by atoms with Crippen LogP contribution in [0.2, 0.25) is 0 Å². The number of benzene rings is 2. The van der Waals surface area contributed by atoms with Gasteiger partial charge in [0.2, 0.25) is 5.91 Å². The number of ether oxygens (including phenoxy) is 1. The van der Waals surface area contributed by atoms with Crippen LogP contribution in [0.1, 0.15) is 18.9 Å². The third-order valence-electron chi connectivity index (χ3n) is 4.24. The van der Waals surface area contributed by atoms with Crippen LogP contribution in [0.4, 0.5) is 11.4 Å². The molecule has 2 aromatic rings. The molecule has 1 unspecified atom stereocenters. The van der Waals surface area contributed by atoms with Crippen molar-refractivity contribution in [3.63, 3.8) is 0 Å². The van der Waals surface area contributed by atoms with Crippen LogP contribution < -0.4 is 15.0 Å². The van der Waals surface area contributed by atoms with Crippen LogP contribution in [0.25, 0.3) is 0 Å². The van der Waals surface area contributed by atoms with Gasteiger partial charge in [0.25, 0.3) is 0 Å². The van der Waals surface area contributed by atoms with Gasteiger partial charge >= 0.3 is 0 Å². The number of carbonyl (C=O) groups is 1. The largest absolute Gasteiger partial charge is 0.495 e. The molecule has 1 aliphatic heterocycles. The molecule has 2 aromatic carbocycles. The molecule has 1 heterocycles. The summed E-state index contributed by atoms with van der Waals surface area (Å²) in [5, 5.41) is 3.28. The van der Waals surface area contributed by atoms with Crippen molar-refractivity contribution in [2.45, 2.75) is 25.8 Å². The third kappa shape index (κ3) is 3.16. The number of fused-ring (bicyclic) bond motifs is 1. The van der Waals surface area contributed by atoms with Gasteiger partial charge < -0.3 is 15.0 Å². The Bertz CT molecular complexity index is 699. The second-order valence-corrected chi connectivity index (χ2v) is 5.82. The number of amides is 1. The van der Waals surface area contributed by atoms with Crippen LogP contribution in [0, 0.1) is 0 Å². The number of nitrogens with one attached hydrogen (secondary N) is 1. The van der Waals surface area contributed by atoms with Gasteiger partial charge in [0.15, 0.2) is 0 Å². The molecule has 0 spiro atoms. The Morgan fingerprint density at radius 3 is 2.78 bits per heavy atom. The molecule has 0 aliphatic carbocycles. The number of hydrogen-bond acceptors (Lipinski definition) is 3. The van der Waals surface area contributed by atoms with Gasteiger partial charge in [-0.15, -0.1) is 0 Å². The Morgan fingerprint density at radius 2 is 1.96 bits per heavy atom. The lowest BCUT2D eigenvalue weighted by Gasteiger charge is -2.23. The molecule has 1 N–H and O–H groups in total. The molecule has 0 bridgehead atoms. The zero-order chi connectivity index (χ0) is 16.2. The van der Waals surface area contributed by atoms with Gasteiger partial charge in [-0.3, -0.25) is 4.79 Å². The van der Waals surface area contributed by atoms with Crippen molar-refractivity contribution < 1.29 is 9.53 Å². The zero-order valence-corrected chi connectivity index (χ0v) is 13.6. The highest BCUT2D eigenvalue weighted by molar-refractivity contribution is 5.96. The van der Waals surface area contributed by atoms with Crippen molar-refractivity contribution in [3.8, 4) is 5.75 Å². The number of rotatable bonds is 5. The molecule has 0 saturated carbocycles. The lowest BCUT2D eigenvalue weighted by molar-refractivity contribution is -0.118. The first-order valence-corrected chi connectivity index (χ1v) is 7.97. The van der Waals surface area contributed by atoms with E-state index in [0.29, 0.717) is 13.0 Å². The van der Waals surface area contributed by atoms with Gasteiger partial charge in [0.1, 0.15) is 5.75 Å². The first kappa shape index (κ1) is 15.4. The monoisotopic (exact) mass is 310 g/mol. The normalized spacial score (nSPS) is 16.1. The number of methoxy groups -OCH3 is 1. The second-order valence-electron chi connectivity index (χ2n) is 5.82. The van der Waals surface area contributed by atoms with E-state index in [2.05, 4.69) is 18.3 Å². The molecule has 0 aromatic heterocycles. The maximum atomic E-state index is 12.6. The molecule has 0 saturated heterocycles. The van der Waals surface area contributed by atoms with Gasteiger partial charge in [-0.1, -0.05) is 30.3 Å². The quantitative estimate of drug-likeness (QED) is 0.919. The third-order valence-corrected chi connectivity index (χ3v) is 4.24. The van der Waals surface area contributed by atoms with Gasteiger partial charge in [0, 0.05) is 24.7 Å². The van der Waals surface area contributed by atoms with Crippen LogP contribution in [0.5, 0.6) is 5.75 Å². The van der Waals surface area contributed by atoms with Crippen molar-refractivity contribution >= 4 is 17.3 Å². The van der Waals surface area contributed by atoms with Crippen LogP contribution in [0.15, 0.2) is 48.5 Å². The summed E-state index contributed by atoms with van der Waals surface area (Å²) in [4.78, 5) is 14.5. The van der Waals surface area contributed by atoms with E-state index in [0.717, 1.165) is 23.5 Å². The number of anilines is 2. The van der Waals surface area contributed by atoms with Crippen LogP contribution in [-0.4, -0.2) is 25.6 Å². The Morgan fingerprint density at radius 1 is 1.22 bits per heavy atom. The van der Waals surface area contributed by atoms with E-state index in [4.69, 9.17) is 4.74 Å². The Kier molecular flexibility index (Phi) is 4.51. The topological polar surface area (TPSA) is 41.6 Å². The van der Waals surface area contributed by atoms with Crippen molar-refractivity contribution in [2.24, 2.45) is 0 Å². The lowest BCUT2D eigenvalue weighted by Crippen LogP contribution is -2.36. The molecular formula is C19H22N2O2. The first-order chi connectivity index (χ1) is 11.2. The van der Waals surface area contributed by atoms with E-state index in [-0.39, 0.29) is 11.9 Å². The number of nitrogens with zero attached hydrogens (tertiary/aromatic N) is 1. The number of carbonyl (C=O) groups excluding carboxylic acids is 1. The van der Waals surface area contributed by atoms with Crippen LogP contribution in [-0.2, 0) is 11.2 Å². The predicted molar refractivity (Wildman–Crippen MR) is 93.2 cm³/mol. The standard InChI is InChI=1S/C19H22N2O2/c1-14-13-15-7-3-5-9-17(15)21(14)19(22)11-12-20-16-8-4-6-10-18(16)23-2/h3-10,14,20H,11-13H2,1-2H3. The Balaban J connectivity index is 1.62. The average Bonchev–Trinajstić information content (AvgIpc) is 2.91. The summed E-state index contributed by atoms with van der Waals surface area (Å²) in [6, 6.07) is 16.1. The molecule has 4 heteroatoms. The highest BCUT2D eigenvalue weighted by atomic mass is 16.5.